The van der Waals surface area contributed by atoms with Crippen LogP contribution in [0, 0.1) is 0 Å². The third-order valence-corrected chi connectivity index (χ3v) is 4.19. The summed E-state index contributed by atoms with van der Waals surface area (Å²) in [6.45, 7) is 5.46. The van der Waals surface area contributed by atoms with Crippen molar-refractivity contribution in [1.29, 1.82) is 0 Å². The minimum Gasteiger partial charge on any atom is -0.495 e. The van der Waals surface area contributed by atoms with Gasteiger partial charge in [-0.3, -0.25) is 5.32 Å². The summed E-state index contributed by atoms with van der Waals surface area (Å²) in [5.74, 6) is 2.05. The van der Waals surface area contributed by atoms with Crippen molar-refractivity contribution < 1.29 is 14.3 Å². The Labute approximate surface area is 152 Å². The number of benzene rings is 1. The molecule has 0 spiro atoms. The number of methoxy groups -OCH3 is 1. The fourth-order valence-corrected chi connectivity index (χ4v) is 2.90. The Morgan fingerprint density at radius 2 is 1.81 bits per heavy atom. The number of anilines is 3. The molecule has 1 aliphatic heterocycles. The van der Waals surface area contributed by atoms with E-state index in [9.17, 15) is 4.79 Å². The van der Waals surface area contributed by atoms with E-state index in [1.54, 1.807) is 20.1 Å². The number of hydrogen-bond donors (Lipinski definition) is 1. The highest BCUT2D eigenvalue weighted by molar-refractivity contribution is 5.83. The van der Waals surface area contributed by atoms with E-state index >= 15 is 0 Å². The first-order valence-electron chi connectivity index (χ1n) is 8.61. The molecule has 2 aromatic rings. The first-order valence-corrected chi connectivity index (χ1v) is 8.61. The number of hydrogen-bond acceptors (Lipinski definition) is 7. The minimum atomic E-state index is -0.528. The average Bonchev–Trinajstić information content (AvgIpc) is 2.69. The number of aromatic nitrogens is 2. The molecule has 8 nitrogen and oxygen atoms in total. The molecule has 8 heteroatoms. The van der Waals surface area contributed by atoms with E-state index in [1.807, 2.05) is 24.3 Å². The maximum absolute atomic E-state index is 11.4. The van der Waals surface area contributed by atoms with Crippen molar-refractivity contribution in [3.63, 3.8) is 0 Å². The highest BCUT2D eigenvalue weighted by Gasteiger charge is 2.20. The van der Waals surface area contributed by atoms with Gasteiger partial charge in [0.2, 0.25) is 0 Å². The summed E-state index contributed by atoms with van der Waals surface area (Å²) in [5, 5.41) is 10.8. The summed E-state index contributed by atoms with van der Waals surface area (Å²) in [7, 11) is 1.69. The maximum Gasteiger partial charge on any atom is 0.412 e. The monoisotopic (exact) mass is 357 g/mol. The normalized spacial score (nSPS) is 14.1. The molecule has 1 aromatic carbocycles. The van der Waals surface area contributed by atoms with E-state index < -0.39 is 6.09 Å². The number of para-hydroxylation sites is 2. The highest BCUT2D eigenvalue weighted by atomic mass is 16.5. The molecule has 0 atom stereocenters. The average molecular weight is 357 g/mol. The minimum absolute atomic E-state index is 0.313. The summed E-state index contributed by atoms with van der Waals surface area (Å²) in [4.78, 5) is 15.9. The molecule has 1 aliphatic rings. The van der Waals surface area contributed by atoms with Gasteiger partial charge in [0, 0.05) is 26.2 Å². The van der Waals surface area contributed by atoms with Gasteiger partial charge >= 0.3 is 6.09 Å². The van der Waals surface area contributed by atoms with Crippen LogP contribution in [0.2, 0.25) is 0 Å². The molecule has 0 saturated carbocycles. The van der Waals surface area contributed by atoms with Crippen LogP contribution in [0.25, 0.3) is 0 Å². The lowest BCUT2D eigenvalue weighted by atomic mass is 10.2. The first-order chi connectivity index (χ1) is 12.7. The molecule has 26 heavy (non-hydrogen) atoms. The molecule has 1 N–H and O–H groups in total. The molecule has 0 radical (unpaired) electrons. The van der Waals surface area contributed by atoms with E-state index in [1.165, 1.54) is 0 Å². The maximum atomic E-state index is 11.4. The van der Waals surface area contributed by atoms with Gasteiger partial charge in [-0.05, 0) is 31.2 Å². The van der Waals surface area contributed by atoms with Crippen molar-refractivity contribution in [2.24, 2.45) is 0 Å². The Kier molecular flexibility index (Phi) is 5.73. The van der Waals surface area contributed by atoms with Crippen molar-refractivity contribution in [2.45, 2.75) is 6.92 Å². The standard InChI is InChI=1S/C18H23N5O3/c1-3-26-18(24)19-16-8-9-17(21-20-16)23-12-10-22(11-13-23)14-6-4-5-7-15(14)25-2/h4-9H,3,10-13H2,1-2H3,(H,19,20,24). The lowest BCUT2D eigenvalue weighted by Crippen LogP contribution is -2.47. The molecular weight excluding hydrogens is 334 g/mol. The molecule has 1 fully saturated rings. The van der Waals surface area contributed by atoms with Crippen molar-refractivity contribution in [3.8, 4) is 5.75 Å². The third kappa shape index (κ3) is 4.14. The quantitative estimate of drug-likeness (QED) is 0.880. The molecule has 138 valence electrons. The summed E-state index contributed by atoms with van der Waals surface area (Å²) in [6.07, 6.45) is -0.528. The fraction of sp³-hybridized carbons (Fsp3) is 0.389. The molecule has 0 aliphatic carbocycles. The van der Waals surface area contributed by atoms with Gasteiger partial charge in [-0.15, -0.1) is 10.2 Å². The molecule has 2 heterocycles. The Bertz CT molecular complexity index is 730. The van der Waals surface area contributed by atoms with Crippen LogP contribution in [0.3, 0.4) is 0 Å². The molecular formula is C18H23N5O3. The Morgan fingerprint density at radius 3 is 2.46 bits per heavy atom. The van der Waals surface area contributed by atoms with E-state index in [0.717, 1.165) is 43.4 Å². The third-order valence-electron chi connectivity index (χ3n) is 4.19. The molecule has 0 bridgehead atoms. The highest BCUT2D eigenvalue weighted by Crippen LogP contribution is 2.28. The SMILES string of the molecule is CCOC(=O)Nc1ccc(N2CCN(c3ccccc3OC)CC2)nn1. The topological polar surface area (TPSA) is 79.8 Å². The number of ether oxygens (including phenoxy) is 2. The van der Waals surface area contributed by atoms with E-state index in [-0.39, 0.29) is 0 Å². The Balaban J connectivity index is 1.59. The zero-order valence-electron chi connectivity index (χ0n) is 15.0. The molecule has 1 aromatic heterocycles. The largest absolute Gasteiger partial charge is 0.495 e. The number of rotatable bonds is 5. The number of amides is 1. The van der Waals surface area contributed by atoms with Crippen molar-refractivity contribution in [2.75, 3.05) is 55.0 Å². The van der Waals surface area contributed by atoms with Gasteiger partial charge in [0.25, 0.3) is 0 Å². The van der Waals surface area contributed by atoms with Crippen molar-refractivity contribution in [1.82, 2.24) is 10.2 Å². The van der Waals surface area contributed by atoms with Crippen LogP contribution in [-0.4, -0.2) is 56.2 Å². The number of nitrogens with zero attached hydrogens (tertiary/aromatic N) is 4. The van der Waals surface area contributed by atoms with Gasteiger partial charge in [0.05, 0.1) is 19.4 Å². The van der Waals surface area contributed by atoms with Crippen LogP contribution in [0.1, 0.15) is 6.92 Å². The summed E-state index contributed by atoms with van der Waals surface area (Å²) >= 11 is 0. The lowest BCUT2D eigenvalue weighted by Gasteiger charge is -2.37. The lowest BCUT2D eigenvalue weighted by molar-refractivity contribution is 0.168. The Hall–Kier alpha value is -3.03. The zero-order valence-corrected chi connectivity index (χ0v) is 15.0. The molecule has 1 amide bonds. The summed E-state index contributed by atoms with van der Waals surface area (Å²) in [5.41, 5.74) is 1.11. The van der Waals surface area contributed by atoms with Gasteiger partial charge in [0.15, 0.2) is 11.6 Å². The van der Waals surface area contributed by atoms with Gasteiger partial charge < -0.3 is 19.3 Å². The summed E-state index contributed by atoms with van der Waals surface area (Å²) in [6, 6.07) is 11.6. The van der Waals surface area contributed by atoms with E-state index in [0.29, 0.717) is 12.4 Å². The smallest absolute Gasteiger partial charge is 0.412 e. The van der Waals surface area contributed by atoms with E-state index in [4.69, 9.17) is 9.47 Å². The number of piperazine rings is 1. The second-order valence-electron chi connectivity index (χ2n) is 5.77. The number of carbonyl (C=O) groups excluding carboxylic acids is 1. The first kappa shape index (κ1) is 17.8. The molecule has 0 unspecified atom stereocenters. The van der Waals surface area contributed by atoms with Crippen molar-refractivity contribution >= 4 is 23.4 Å². The van der Waals surface area contributed by atoms with Gasteiger partial charge in [-0.2, -0.15) is 0 Å². The van der Waals surface area contributed by atoms with Gasteiger partial charge in [-0.25, -0.2) is 4.79 Å². The van der Waals surface area contributed by atoms with Crippen molar-refractivity contribution in [3.05, 3.63) is 36.4 Å². The molecule has 3 rings (SSSR count). The van der Waals surface area contributed by atoms with Crippen LogP contribution in [0.5, 0.6) is 5.75 Å². The number of nitrogens with one attached hydrogen (secondary N) is 1. The van der Waals surface area contributed by atoms with Crippen LogP contribution < -0.4 is 19.9 Å². The van der Waals surface area contributed by atoms with Crippen LogP contribution in [0.4, 0.5) is 22.1 Å². The second kappa shape index (κ2) is 8.37. The van der Waals surface area contributed by atoms with E-state index in [2.05, 4.69) is 31.4 Å². The van der Waals surface area contributed by atoms with Gasteiger partial charge in [-0.1, -0.05) is 12.1 Å². The second-order valence-corrected chi connectivity index (χ2v) is 5.77. The zero-order chi connectivity index (χ0) is 18.4. The van der Waals surface area contributed by atoms with Crippen LogP contribution in [-0.2, 0) is 4.74 Å². The molecule has 1 saturated heterocycles. The van der Waals surface area contributed by atoms with Gasteiger partial charge in [0.1, 0.15) is 5.75 Å². The van der Waals surface area contributed by atoms with Crippen LogP contribution in [0.15, 0.2) is 36.4 Å². The predicted octanol–water partition coefficient (Wildman–Crippen LogP) is 2.38. The van der Waals surface area contributed by atoms with Crippen LogP contribution >= 0.6 is 0 Å². The fourth-order valence-electron chi connectivity index (χ4n) is 2.90. The predicted molar refractivity (Wildman–Crippen MR) is 100 cm³/mol. The summed E-state index contributed by atoms with van der Waals surface area (Å²) < 4.78 is 10.3. The Morgan fingerprint density at radius 1 is 1.08 bits per heavy atom. The number of carbonyl (C=O) groups is 1.